The molecule has 0 unspecified atom stereocenters. The number of fused-ring (bicyclic) bond motifs is 3. The largest absolute Gasteiger partial charge is 0.479 e. The molecule has 0 aliphatic heterocycles. The molecule has 116 valence electrons. The number of carbonyl (C=O) groups is 1. The van der Waals surface area contributed by atoms with Crippen molar-refractivity contribution in [2.75, 3.05) is 6.54 Å². The van der Waals surface area contributed by atoms with E-state index in [-0.39, 0.29) is 11.9 Å². The molecule has 0 atom stereocenters. The molecule has 2 aromatic heterocycles. The Morgan fingerprint density at radius 3 is 3.05 bits per heavy atom. The SMILES string of the molecule is CCCNC(=O)c1nn(C)c2c1CCCc1cnc(O)nc1-2. The van der Waals surface area contributed by atoms with Crippen LogP contribution in [0.25, 0.3) is 11.4 Å². The van der Waals surface area contributed by atoms with Crippen molar-refractivity contribution in [3.63, 3.8) is 0 Å². The van der Waals surface area contributed by atoms with Gasteiger partial charge in [0.15, 0.2) is 5.69 Å². The fraction of sp³-hybridized carbons (Fsp3) is 0.467. The van der Waals surface area contributed by atoms with Gasteiger partial charge in [-0.3, -0.25) is 9.48 Å². The third-order valence-corrected chi connectivity index (χ3v) is 3.84. The maximum absolute atomic E-state index is 12.3. The number of nitrogens with zero attached hydrogens (tertiary/aromatic N) is 4. The highest BCUT2D eigenvalue weighted by Crippen LogP contribution is 2.33. The Morgan fingerprint density at radius 2 is 2.27 bits per heavy atom. The standard InChI is InChI=1S/C15H19N5O2/c1-3-7-16-14(21)12-10-6-4-5-9-8-17-15(22)18-11(9)13(10)20(2)19-12/h8H,3-7H2,1-2H3,(H,16,21)(H,17,18,22). The maximum Gasteiger partial charge on any atom is 0.314 e. The van der Waals surface area contributed by atoms with Gasteiger partial charge in [-0.15, -0.1) is 0 Å². The lowest BCUT2D eigenvalue weighted by atomic mass is 10.1. The summed E-state index contributed by atoms with van der Waals surface area (Å²) in [6.45, 7) is 2.64. The van der Waals surface area contributed by atoms with E-state index in [1.165, 1.54) is 0 Å². The summed E-state index contributed by atoms with van der Waals surface area (Å²) in [7, 11) is 1.80. The van der Waals surface area contributed by atoms with Crippen LogP contribution in [0.1, 0.15) is 41.4 Å². The normalized spacial score (nSPS) is 13.2. The molecule has 1 amide bonds. The zero-order valence-electron chi connectivity index (χ0n) is 12.8. The Morgan fingerprint density at radius 1 is 1.45 bits per heavy atom. The average Bonchev–Trinajstić information content (AvgIpc) is 2.71. The fourth-order valence-corrected chi connectivity index (χ4v) is 2.85. The van der Waals surface area contributed by atoms with Gasteiger partial charge in [0.25, 0.3) is 5.91 Å². The second kappa shape index (κ2) is 5.75. The fourth-order valence-electron chi connectivity index (χ4n) is 2.85. The van der Waals surface area contributed by atoms with Gasteiger partial charge in [-0.05, 0) is 31.2 Å². The van der Waals surface area contributed by atoms with Crippen LogP contribution in [-0.2, 0) is 19.9 Å². The summed E-state index contributed by atoms with van der Waals surface area (Å²) in [5, 5.41) is 16.8. The Balaban J connectivity index is 2.11. The lowest BCUT2D eigenvalue weighted by Crippen LogP contribution is -2.25. The number of amides is 1. The maximum atomic E-state index is 12.3. The van der Waals surface area contributed by atoms with Crippen LogP contribution in [-0.4, -0.2) is 37.3 Å². The van der Waals surface area contributed by atoms with Gasteiger partial charge in [-0.25, -0.2) is 4.98 Å². The molecular weight excluding hydrogens is 282 g/mol. The van der Waals surface area contributed by atoms with Gasteiger partial charge < -0.3 is 10.4 Å². The minimum Gasteiger partial charge on any atom is -0.479 e. The number of carbonyl (C=O) groups excluding carboxylic acids is 1. The van der Waals surface area contributed by atoms with E-state index in [0.717, 1.165) is 42.5 Å². The minimum atomic E-state index is -0.259. The number of aromatic hydroxyl groups is 1. The lowest BCUT2D eigenvalue weighted by molar-refractivity contribution is 0.0947. The number of hydrogen-bond donors (Lipinski definition) is 2. The molecule has 22 heavy (non-hydrogen) atoms. The zero-order chi connectivity index (χ0) is 15.7. The van der Waals surface area contributed by atoms with Gasteiger partial charge in [-0.1, -0.05) is 6.92 Å². The zero-order valence-corrected chi connectivity index (χ0v) is 12.8. The first-order valence-electron chi connectivity index (χ1n) is 7.51. The molecule has 3 rings (SSSR count). The van der Waals surface area contributed by atoms with E-state index in [2.05, 4.69) is 20.4 Å². The van der Waals surface area contributed by atoms with Crippen LogP contribution in [0.5, 0.6) is 6.01 Å². The quantitative estimate of drug-likeness (QED) is 0.889. The summed E-state index contributed by atoms with van der Waals surface area (Å²) in [4.78, 5) is 20.3. The Kier molecular flexibility index (Phi) is 3.79. The molecule has 0 radical (unpaired) electrons. The van der Waals surface area contributed by atoms with Crippen LogP contribution in [0, 0.1) is 0 Å². The van der Waals surface area contributed by atoms with Crippen molar-refractivity contribution < 1.29 is 9.90 Å². The van der Waals surface area contributed by atoms with E-state index in [1.807, 2.05) is 6.92 Å². The highest BCUT2D eigenvalue weighted by molar-refractivity contribution is 5.95. The molecule has 0 saturated heterocycles. The summed E-state index contributed by atoms with van der Waals surface area (Å²) in [5.41, 5.74) is 3.79. The molecule has 7 nitrogen and oxygen atoms in total. The highest BCUT2D eigenvalue weighted by Gasteiger charge is 2.27. The molecule has 2 N–H and O–H groups in total. The molecule has 1 aliphatic carbocycles. The van der Waals surface area contributed by atoms with Crippen molar-refractivity contribution in [2.24, 2.45) is 7.05 Å². The monoisotopic (exact) mass is 301 g/mol. The summed E-state index contributed by atoms with van der Waals surface area (Å²) in [6, 6.07) is -0.259. The molecule has 0 bridgehead atoms. The van der Waals surface area contributed by atoms with Crippen molar-refractivity contribution >= 4 is 5.91 Å². The van der Waals surface area contributed by atoms with E-state index in [4.69, 9.17) is 0 Å². The first-order valence-corrected chi connectivity index (χ1v) is 7.51. The Bertz CT molecular complexity index is 723. The van der Waals surface area contributed by atoms with Crippen molar-refractivity contribution in [3.8, 4) is 17.4 Å². The summed E-state index contributed by atoms with van der Waals surface area (Å²) in [6.07, 6.45) is 5.00. The first kappa shape index (κ1) is 14.5. The summed E-state index contributed by atoms with van der Waals surface area (Å²) < 4.78 is 1.67. The summed E-state index contributed by atoms with van der Waals surface area (Å²) in [5.74, 6) is -0.152. The Labute approximate surface area is 128 Å². The number of rotatable bonds is 3. The number of hydrogen-bond acceptors (Lipinski definition) is 5. The molecule has 2 heterocycles. The molecule has 0 aromatic carbocycles. The van der Waals surface area contributed by atoms with Gasteiger partial charge >= 0.3 is 6.01 Å². The third-order valence-electron chi connectivity index (χ3n) is 3.84. The number of nitrogens with one attached hydrogen (secondary N) is 1. The first-order chi connectivity index (χ1) is 10.6. The highest BCUT2D eigenvalue weighted by atomic mass is 16.3. The van der Waals surface area contributed by atoms with Crippen molar-refractivity contribution in [3.05, 3.63) is 23.0 Å². The van der Waals surface area contributed by atoms with Gasteiger partial charge in [-0.2, -0.15) is 10.1 Å². The van der Waals surface area contributed by atoms with Crippen LogP contribution >= 0.6 is 0 Å². The molecule has 1 aliphatic rings. The van der Waals surface area contributed by atoms with E-state index < -0.39 is 0 Å². The lowest BCUT2D eigenvalue weighted by Gasteiger charge is -2.06. The minimum absolute atomic E-state index is 0.152. The predicted molar refractivity (Wildman–Crippen MR) is 80.5 cm³/mol. The molecule has 0 spiro atoms. The number of aromatic nitrogens is 4. The predicted octanol–water partition coefficient (Wildman–Crippen LogP) is 1.21. The van der Waals surface area contributed by atoms with Gasteiger partial charge in [0, 0.05) is 25.4 Å². The van der Waals surface area contributed by atoms with E-state index >= 15 is 0 Å². The van der Waals surface area contributed by atoms with Crippen molar-refractivity contribution in [1.82, 2.24) is 25.1 Å². The number of aryl methyl sites for hydroxylation is 2. The van der Waals surface area contributed by atoms with E-state index in [0.29, 0.717) is 17.9 Å². The van der Waals surface area contributed by atoms with E-state index in [9.17, 15) is 9.90 Å². The Hall–Kier alpha value is -2.44. The second-order valence-electron chi connectivity index (χ2n) is 5.45. The van der Waals surface area contributed by atoms with Crippen molar-refractivity contribution in [1.29, 1.82) is 0 Å². The molecule has 2 aromatic rings. The van der Waals surface area contributed by atoms with Gasteiger partial charge in [0.1, 0.15) is 0 Å². The molecular formula is C15H19N5O2. The summed E-state index contributed by atoms with van der Waals surface area (Å²) >= 11 is 0. The van der Waals surface area contributed by atoms with Gasteiger partial charge in [0.05, 0.1) is 11.4 Å². The van der Waals surface area contributed by atoms with Crippen molar-refractivity contribution in [2.45, 2.75) is 32.6 Å². The average molecular weight is 301 g/mol. The second-order valence-corrected chi connectivity index (χ2v) is 5.45. The molecule has 0 saturated carbocycles. The van der Waals surface area contributed by atoms with Crippen LogP contribution in [0.15, 0.2) is 6.20 Å². The molecule has 7 heteroatoms. The van der Waals surface area contributed by atoms with Crippen LogP contribution in [0.2, 0.25) is 0 Å². The smallest absolute Gasteiger partial charge is 0.314 e. The van der Waals surface area contributed by atoms with Crippen LogP contribution in [0.3, 0.4) is 0 Å². The van der Waals surface area contributed by atoms with E-state index in [1.54, 1.807) is 17.9 Å². The topological polar surface area (TPSA) is 92.9 Å². The van der Waals surface area contributed by atoms with Crippen LogP contribution in [0.4, 0.5) is 0 Å². The third kappa shape index (κ3) is 2.43. The van der Waals surface area contributed by atoms with Crippen LogP contribution < -0.4 is 5.32 Å². The molecule has 0 fully saturated rings. The van der Waals surface area contributed by atoms with Gasteiger partial charge in [0.2, 0.25) is 0 Å².